The number of nitrogens with one attached hydrogen (secondary N) is 1. The SMILES string of the molecule is CCN1CCCC1CNC(N)=NCc1cc(OC)c(OC)cc1OC. The lowest BCUT2D eigenvalue weighted by Crippen LogP contribution is -2.42. The monoisotopic (exact) mass is 350 g/mol. The molecule has 0 spiro atoms. The van der Waals surface area contributed by atoms with Crippen LogP contribution in [-0.2, 0) is 6.54 Å². The Balaban J connectivity index is 1.99. The zero-order chi connectivity index (χ0) is 18.2. The first-order valence-corrected chi connectivity index (χ1v) is 8.69. The molecule has 0 radical (unpaired) electrons. The van der Waals surface area contributed by atoms with Crippen LogP contribution in [0.2, 0.25) is 0 Å². The first kappa shape index (κ1) is 19.2. The van der Waals surface area contributed by atoms with Gasteiger partial charge in [-0.2, -0.15) is 0 Å². The van der Waals surface area contributed by atoms with Crippen LogP contribution >= 0.6 is 0 Å². The molecule has 0 saturated carbocycles. The van der Waals surface area contributed by atoms with E-state index in [-0.39, 0.29) is 0 Å². The van der Waals surface area contributed by atoms with Gasteiger partial charge in [0.1, 0.15) is 5.75 Å². The van der Waals surface area contributed by atoms with Gasteiger partial charge in [0.05, 0.1) is 27.9 Å². The Morgan fingerprint density at radius 2 is 1.88 bits per heavy atom. The number of nitrogens with two attached hydrogens (primary N) is 1. The summed E-state index contributed by atoms with van der Waals surface area (Å²) in [6.07, 6.45) is 2.46. The van der Waals surface area contributed by atoms with Gasteiger partial charge in [0, 0.05) is 24.2 Å². The highest BCUT2D eigenvalue weighted by Gasteiger charge is 2.22. The summed E-state index contributed by atoms with van der Waals surface area (Å²) in [5.41, 5.74) is 6.92. The minimum absolute atomic E-state index is 0.407. The van der Waals surface area contributed by atoms with Crippen molar-refractivity contribution in [3.8, 4) is 17.2 Å². The van der Waals surface area contributed by atoms with E-state index in [9.17, 15) is 0 Å². The Morgan fingerprint density at radius 3 is 2.52 bits per heavy atom. The molecular formula is C18H30N4O3. The number of methoxy groups -OCH3 is 3. The molecule has 1 fully saturated rings. The number of ether oxygens (including phenoxy) is 3. The van der Waals surface area contributed by atoms with Gasteiger partial charge >= 0.3 is 0 Å². The highest BCUT2D eigenvalue weighted by molar-refractivity contribution is 5.77. The largest absolute Gasteiger partial charge is 0.496 e. The van der Waals surface area contributed by atoms with Gasteiger partial charge in [0.2, 0.25) is 0 Å². The van der Waals surface area contributed by atoms with Crippen molar-refractivity contribution in [1.82, 2.24) is 10.2 Å². The number of rotatable bonds is 8. The molecule has 1 aliphatic heterocycles. The zero-order valence-corrected chi connectivity index (χ0v) is 15.7. The third-order valence-corrected chi connectivity index (χ3v) is 4.63. The van der Waals surface area contributed by atoms with E-state index in [0.717, 1.165) is 18.7 Å². The molecule has 1 aromatic carbocycles. The second-order valence-electron chi connectivity index (χ2n) is 6.03. The second-order valence-corrected chi connectivity index (χ2v) is 6.03. The van der Waals surface area contributed by atoms with Crippen LogP contribution in [0.5, 0.6) is 17.2 Å². The fourth-order valence-electron chi connectivity index (χ4n) is 3.21. The molecule has 7 nitrogen and oxygen atoms in total. The summed E-state index contributed by atoms with van der Waals surface area (Å²) in [5.74, 6) is 2.41. The minimum Gasteiger partial charge on any atom is -0.496 e. The first-order valence-electron chi connectivity index (χ1n) is 8.69. The molecule has 1 saturated heterocycles. The van der Waals surface area contributed by atoms with Crippen molar-refractivity contribution in [1.29, 1.82) is 0 Å². The molecule has 1 unspecified atom stereocenters. The van der Waals surface area contributed by atoms with E-state index < -0.39 is 0 Å². The molecule has 1 aliphatic rings. The van der Waals surface area contributed by atoms with Crippen LogP contribution in [0.3, 0.4) is 0 Å². The van der Waals surface area contributed by atoms with E-state index in [2.05, 4.69) is 22.1 Å². The summed E-state index contributed by atoms with van der Waals surface area (Å²) in [6, 6.07) is 4.20. The van der Waals surface area contributed by atoms with Crippen LogP contribution in [0.25, 0.3) is 0 Å². The molecule has 0 amide bonds. The maximum atomic E-state index is 6.03. The Hall–Kier alpha value is -2.15. The van der Waals surface area contributed by atoms with Crippen molar-refractivity contribution in [2.45, 2.75) is 32.4 Å². The average molecular weight is 350 g/mol. The average Bonchev–Trinajstić information content (AvgIpc) is 3.11. The van der Waals surface area contributed by atoms with Crippen LogP contribution in [0.1, 0.15) is 25.3 Å². The second kappa shape index (κ2) is 9.36. The van der Waals surface area contributed by atoms with E-state index in [1.165, 1.54) is 19.4 Å². The van der Waals surface area contributed by atoms with Crippen LogP contribution in [-0.4, -0.2) is 57.9 Å². The maximum absolute atomic E-state index is 6.03. The zero-order valence-electron chi connectivity index (χ0n) is 15.7. The fraction of sp³-hybridized carbons (Fsp3) is 0.611. The molecule has 2 rings (SSSR count). The molecule has 0 aromatic heterocycles. The lowest BCUT2D eigenvalue weighted by atomic mass is 10.1. The maximum Gasteiger partial charge on any atom is 0.188 e. The van der Waals surface area contributed by atoms with Gasteiger partial charge in [-0.25, -0.2) is 4.99 Å². The Labute approximate surface area is 150 Å². The molecule has 7 heteroatoms. The highest BCUT2D eigenvalue weighted by atomic mass is 16.5. The smallest absolute Gasteiger partial charge is 0.188 e. The first-order chi connectivity index (χ1) is 12.1. The van der Waals surface area contributed by atoms with E-state index in [4.69, 9.17) is 19.9 Å². The summed E-state index contributed by atoms with van der Waals surface area (Å²) in [6.45, 7) is 5.67. The van der Waals surface area contributed by atoms with Gasteiger partial charge in [0.25, 0.3) is 0 Å². The predicted octanol–water partition coefficient (Wildman–Crippen LogP) is 1.60. The number of hydrogen-bond acceptors (Lipinski definition) is 5. The quantitative estimate of drug-likeness (QED) is 0.547. The van der Waals surface area contributed by atoms with Crippen LogP contribution in [0.15, 0.2) is 17.1 Å². The lowest BCUT2D eigenvalue weighted by molar-refractivity contribution is 0.267. The van der Waals surface area contributed by atoms with Gasteiger partial charge in [-0.05, 0) is 32.0 Å². The highest BCUT2D eigenvalue weighted by Crippen LogP contribution is 2.34. The molecule has 25 heavy (non-hydrogen) atoms. The Kier molecular flexibility index (Phi) is 7.18. The molecule has 1 aromatic rings. The summed E-state index contributed by atoms with van der Waals surface area (Å²) in [5, 5.41) is 3.24. The van der Waals surface area contributed by atoms with Crippen LogP contribution in [0.4, 0.5) is 0 Å². The summed E-state index contributed by atoms with van der Waals surface area (Å²) in [4.78, 5) is 6.90. The van der Waals surface area contributed by atoms with Gasteiger partial charge < -0.3 is 25.3 Å². The fourth-order valence-corrected chi connectivity index (χ4v) is 3.21. The Morgan fingerprint density at radius 1 is 1.20 bits per heavy atom. The van der Waals surface area contributed by atoms with Gasteiger partial charge in [-0.1, -0.05) is 6.92 Å². The van der Waals surface area contributed by atoms with Crippen molar-refractivity contribution >= 4 is 5.96 Å². The summed E-state index contributed by atoms with van der Waals surface area (Å²) >= 11 is 0. The molecule has 1 atom stereocenters. The molecule has 0 aliphatic carbocycles. The van der Waals surface area contributed by atoms with Crippen molar-refractivity contribution in [3.63, 3.8) is 0 Å². The van der Waals surface area contributed by atoms with Gasteiger partial charge in [0.15, 0.2) is 17.5 Å². The van der Waals surface area contributed by atoms with E-state index in [0.29, 0.717) is 35.8 Å². The molecule has 0 bridgehead atoms. The number of likely N-dealkylation sites (tertiary alicyclic amines) is 1. The van der Waals surface area contributed by atoms with E-state index >= 15 is 0 Å². The molecular weight excluding hydrogens is 320 g/mol. The van der Waals surface area contributed by atoms with Crippen molar-refractivity contribution in [2.24, 2.45) is 10.7 Å². The van der Waals surface area contributed by atoms with Crippen LogP contribution < -0.4 is 25.3 Å². The topological polar surface area (TPSA) is 81.3 Å². The van der Waals surface area contributed by atoms with Crippen LogP contribution in [0, 0.1) is 0 Å². The summed E-state index contributed by atoms with van der Waals surface area (Å²) in [7, 11) is 4.82. The normalized spacial score (nSPS) is 18.2. The number of benzene rings is 1. The van der Waals surface area contributed by atoms with E-state index in [1.54, 1.807) is 27.4 Å². The third kappa shape index (κ3) is 4.92. The minimum atomic E-state index is 0.407. The molecule has 140 valence electrons. The number of likely N-dealkylation sites (N-methyl/N-ethyl adjacent to an activating group) is 1. The van der Waals surface area contributed by atoms with Crippen molar-refractivity contribution < 1.29 is 14.2 Å². The standard InChI is InChI=1S/C18H30N4O3/c1-5-22-8-6-7-14(22)12-21-18(19)20-11-13-9-16(24-3)17(25-4)10-15(13)23-2/h9-10,14H,5-8,11-12H2,1-4H3,(H3,19,20,21). The van der Waals surface area contributed by atoms with Crippen molar-refractivity contribution in [3.05, 3.63) is 17.7 Å². The van der Waals surface area contributed by atoms with Gasteiger partial charge in [-0.3, -0.25) is 4.90 Å². The Bertz CT molecular complexity index is 592. The predicted molar refractivity (Wildman–Crippen MR) is 99.7 cm³/mol. The van der Waals surface area contributed by atoms with Crippen molar-refractivity contribution in [2.75, 3.05) is 41.0 Å². The lowest BCUT2D eigenvalue weighted by Gasteiger charge is -2.23. The number of nitrogens with zero attached hydrogens (tertiary/aromatic N) is 2. The third-order valence-electron chi connectivity index (χ3n) is 4.63. The molecule has 3 N–H and O–H groups in total. The molecule has 1 heterocycles. The van der Waals surface area contributed by atoms with Gasteiger partial charge in [-0.15, -0.1) is 0 Å². The number of guanidine groups is 1. The number of hydrogen-bond donors (Lipinski definition) is 2. The number of aliphatic imine (C=N–C) groups is 1. The van der Waals surface area contributed by atoms with E-state index in [1.807, 2.05) is 6.07 Å². The summed E-state index contributed by atoms with van der Waals surface area (Å²) < 4.78 is 16.1.